The first-order chi connectivity index (χ1) is 9.65. The third-order valence-corrected chi connectivity index (χ3v) is 4.25. The Bertz CT molecular complexity index is 626. The van der Waals surface area contributed by atoms with E-state index in [2.05, 4.69) is 20.9 Å². The summed E-state index contributed by atoms with van der Waals surface area (Å²) in [5.74, 6) is 0.786. The van der Waals surface area contributed by atoms with Crippen LogP contribution in [0, 0.1) is 5.92 Å². The molecule has 0 unspecified atom stereocenters. The number of aromatic nitrogens is 2. The van der Waals surface area contributed by atoms with Crippen molar-refractivity contribution in [3.63, 3.8) is 0 Å². The summed E-state index contributed by atoms with van der Waals surface area (Å²) >= 11 is 0. The molecule has 0 spiro atoms. The Kier molecular flexibility index (Phi) is 3.34. The number of nitrogens with zero attached hydrogens (tertiary/aromatic N) is 2. The van der Waals surface area contributed by atoms with E-state index in [0.29, 0.717) is 6.04 Å². The molecule has 1 saturated carbocycles. The van der Waals surface area contributed by atoms with E-state index in [0.717, 1.165) is 42.7 Å². The molecule has 0 atom stereocenters. The van der Waals surface area contributed by atoms with E-state index < -0.39 is 0 Å². The molecule has 1 aliphatic carbocycles. The van der Waals surface area contributed by atoms with Crippen molar-refractivity contribution < 1.29 is 4.79 Å². The first-order valence-corrected chi connectivity index (χ1v) is 7.12. The zero-order valence-electron chi connectivity index (χ0n) is 11.7. The van der Waals surface area contributed by atoms with Crippen molar-refractivity contribution in [3.05, 3.63) is 24.3 Å². The van der Waals surface area contributed by atoms with Gasteiger partial charge < -0.3 is 15.6 Å². The van der Waals surface area contributed by atoms with E-state index in [9.17, 15) is 4.79 Å². The number of fused-ring (bicyclic) bond motifs is 1. The molecule has 0 saturated heterocycles. The maximum atomic E-state index is 11.2. The SMILES string of the molecule is Cn1c(NC2CCC(C(N)=O)CC2)nc2ccccc21. The lowest BCUT2D eigenvalue weighted by Crippen LogP contribution is -2.33. The molecule has 0 radical (unpaired) electrons. The Hall–Kier alpha value is -2.04. The number of aryl methyl sites for hydroxylation is 1. The third kappa shape index (κ3) is 2.35. The van der Waals surface area contributed by atoms with Gasteiger partial charge in [0.2, 0.25) is 11.9 Å². The highest BCUT2D eigenvalue weighted by Crippen LogP contribution is 2.27. The highest BCUT2D eigenvalue weighted by molar-refractivity contribution is 5.78. The molecule has 2 aromatic rings. The van der Waals surface area contributed by atoms with Crippen molar-refractivity contribution in [1.82, 2.24) is 9.55 Å². The molecule has 5 heteroatoms. The van der Waals surface area contributed by atoms with Gasteiger partial charge in [-0.05, 0) is 37.8 Å². The summed E-state index contributed by atoms with van der Waals surface area (Å²) in [7, 11) is 2.02. The van der Waals surface area contributed by atoms with Gasteiger partial charge >= 0.3 is 0 Å². The van der Waals surface area contributed by atoms with E-state index in [-0.39, 0.29) is 11.8 Å². The molecule has 0 aliphatic heterocycles. The average molecular weight is 272 g/mol. The zero-order chi connectivity index (χ0) is 14.1. The van der Waals surface area contributed by atoms with Crippen LogP contribution in [-0.4, -0.2) is 21.5 Å². The first kappa shape index (κ1) is 13.0. The summed E-state index contributed by atoms with van der Waals surface area (Å²) in [6, 6.07) is 8.48. The van der Waals surface area contributed by atoms with Crippen molar-refractivity contribution in [2.24, 2.45) is 18.7 Å². The molecule has 1 amide bonds. The van der Waals surface area contributed by atoms with E-state index in [1.807, 2.05) is 25.2 Å². The predicted octanol–water partition coefficient (Wildman–Crippen LogP) is 2.03. The van der Waals surface area contributed by atoms with Crippen molar-refractivity contribution in [2.75, 3.05) is 5.32 Å². The van der Waals surface area contributed by atoms with Crippen molar-refractivity contribution in [3.8, 4) is 0 Å². The van der Waals surface area contributed by atoms with Crippen molar-refractivity contribution in [2.45, 2.75) is 31.7 Å². The zero-order valence-corrected chi connectivity index (χ0v) is 11.7. The van der Waals surface area contributed by atoms with E-state index in [1.165, 1.54) is 0 Å². The van der Waals surface area contributed by atoms with Crippen LogP contribution in [0.4, 0.5) is 5.95 Å². The van der Waals surface area contributed by atoms with Crippen molar-refractivity contribution >= 4 is 22.9 Å². The fourth-order valence-electron chi connectivity index (χ4n) is 2.98. The number of primary amides is 1. The van der Waals surface area contributed by atoms with Gasteiger partial charge in [0.15, 0.2) is 0 Å². The number of carbonyl (C=O) groups excluding carboxylic acids is 1. The molecule has 1 fully saturated rings. The van der Waals surface area contributed by atoms with Gasteiger partial charge in [0, 0.05) is 19.0 Å². The quantitative estimate of drug-likeness (QED) is 0.898. The van der Waals surface area contributed by atoms with Crippen LogP contribution in [-0.2, 0) is 11.8 Å². The smallest absolute Gasteiger partial charge is 0.220 e. The molecule has 106 valence electrons. The third-order valence-electron chi connectivity index (χ3n) is 4.25. The van der Waals surface area contributed by atoms with Gasteiger partial charge in [-0.1, -0.05) is 12.1 Å². The fraction of sp³-hybridized carbons (Fsp3) is 0.467. The molecule has 1 aliphatic rings. The number of hydrogen-bond donors (Lipinski definition) is 2. The topological polar surface area (TPSA) is 72.9 Å². The highest BCUT2D eigenvalue weighted by Gasteiger charge is 2.25. The largest absolute Gasteiger partial charge is 0.369 e. The summed E-state index contributed by atoms with van der Waals surface area (Å²) < 4.78 is 2.08. The summed E-state index contributed by atoms with van der Waals surface area (Å²) in [5.41, 5.74) is 7.49. The standard InChI is InChI=1S/C15H20N4O/c1-19-13-5-3-2-4-12(13)18-15(19)17-11-8-6-10(7-9-11)14(16)20/h2-5,10-11H,6-9H2,1H3,(H2,16,20)(H,17,18). The summed E-state index contributed by atoms with van der Waals surface area (Å²) in [5, 5.41) is 3.50. The van der Waals surface area contributed by atoms with Crippen LogP contribution in [0.3, 0.4) is 0 Å². The fourth-order valence-corrected chi connectivity index (χ4v) is 2.98. The van der Waals surface area contributed by atoms with E-state index in [4.69, 9.17) is 5.73 Å². The van der Waals surface area contributed by atoms with Crippen LogP contribution >= 0.6 is 0 Å². The normalized spacial score (nSPS) is 22.9. The molecule has 3 N–H and O–H groups in total. The van der Waals surface area contributed by atoms with E-state index in [1.54, 1.807) is 0 Å². The molecular formula is C15H20N4O. The number of nitrogens with two attached hydrogens (primary N) is 1. The summed E-state index contributed by atoms with van der Waals surface area (Å²) in [6.07, 6.45) is 3.68. The Balaban J connectivity index is 1.71. The maximum Gasteiger partial charge on any atom is 0.220 e. The lowest BCUT2D eigenvalue weighted by atomic mass is 9.86. The van der Waals surface area contributed by atoms with Gasteiger partial charge in [-0.25, -0.2) is 4.98 Å². The van der Waals surface area contributed by atoms with Gasteiger partial charge in [-0.2, -0.15) is 0 Å². The summed E-state index contributed by atoms with van der Waals surface area (Å²) in [4.78, 5) is 15.8. The van der Waals surface area contributed by atoms with Crippen LogP contribution in [0.25, 0.3) is 11.0 Å². The first-order valence-electron chi connectivity index (χ1n) is 7.12. The number of anilines is 1. The van der Waals surface area contributed by atoms with Crippen LogP contribution in [0.2, 0.25) is 0 Å². The molecular weight excluding hydrogens is 252 g/mol. The minimum atomic E-state index is -0.161. The van der Waals surface area contributed by atoms with Gasteiger partial charge in [0.05, 0.1) is 11.0 Å². The predicted molar refractivity (Wildman–Crippen MR) is 79.3 cm³/mol. The van der Waals surface area contributed by atoms with Crippen LogP contribution in [0.15, 0.2) is 24.3 Å². The molecule has 5 nitrogen and oxygen atoms in total. The number of hydrogen-bond acceptors (Lipinski definition) is 3. The maximum absolute atomic E-state index is 11.2. The number of para-hydroxylation sites is 2. The Morgan fingerprint density at radius 1 is 1.30 bits per heavy atom. The number of rotatable bonds is 3. The second kappa shape index (κ2) is 5.15. The number of nitrogens with one attached hydrogen (secondary N) is 1. The second-order valence-electron chi connectivity index (χ2n) is 5.58. The van der Waals surface area contributed by atoms with Gasteiger partial charge in [-0.3, -0.25) is 4.79 Å². The van der Waals surface area contributed by atoms with Crippen LogP contribution in [0.1, 0.15) is 25.7 Å². The Labute approximate surface area is 118 Å². The number of carbonyl (C=O) groups is 1. The second-order valence-corrected chi connectivity index (χ2v) is 5.58. The Morgan fingerprint density at radius 2 is 2.00 bits per heavy atom. The minimum absolute atomic E-state index is 0.0495. The summed E-state index contributed by atoms with van der Waals surface area (Å²) in [6.45, 7) is 0. The molecule has 20 heavy (non-hydrogen) atoms. The molecule has 0 bridgehead atoms. The number of imidazole rings is 1. The highest BCUT2D eigenvalue weighted by atomic mass is 16.1. The number of benzene rings is 1. The van der Waals surface area contributed by atoms with Gasteiger partial charge in [0.1, 0.15) is 0 Å². The minimum Gasteiger partial charge on any atom is -0.369 e. The Morgan fingerprint density at radius 3 is 2.65 bits per heavy atom. The molecule has 1 heterocycles. The van der Waals surface area contributed by atoms with Crippen molar-refractivity contribution in [1.29, 1.82) is 0 Å². The average Bonchev–Trinajstić information content (AvgIpc) is 2.77. The lowest BCUT2D eigenvalue weighted by molar-refractivity contribution is -0.122. The molecule has 3 rings (SSSR count). The van der Waals surface area contributed by atoms with E-state index >= 15 is 0 Å². The number of amides is 1. The molecule has 1 aromatic carbocycles. The molecule has 1 aromatic heterocycles. The van der Waals surface area contributed by atoms with Crippen LogP contribution in [0.5, 0.6) is 0 Å². The van der Waals surface area contributed by atoms with Gasteiger partial charge in [0.25, 0.3) is 0 Å². The monoisotopic (exact) mass is 272 g/mol. The van der Waals surface area contributed by atoms with Gasteiger partial charge in [-0.15, -0.1) is 0 Å². The van der Waals surface area contributed by atoms with Crippen LogP contribution < -0.4 is 11.1 Å². The lowest BCUT2D eigenvalue weighted by Gasteiger charge is -2.27.